The Hall–Kier alpha value is -5.95. The molecule has 1 aliphatic carbocycles. The van der Waals surface area contributed by atoms with Gasteiger partial charge in [0.15, 0.2) is 0 Å². The van der Waals surface area contributed by atoms with Crippen LogP contribution in [-0.2, 0) is 49.6 Å². The summed E-state index contributed by atoms with van der Waals surface area (Å²) in [6, 6.07) is 0.642. The number of aliphatic hydroxyl groups is 1. The zero-order valence-electron chi connectivity index (χ0n) is 40.2. The van der Waals surface area contributed by atoms with Crippen LogP contribution < -0.4 is 43.4 Å². The van der Waals surface area contributed by atoms with E-state index in [1.165, 1.54) is 27.7 Å². The Labute approximate surface area is 392 Å². The van der Waals surface area contributed by atoms with Crippen molar-refractivity contribution in [1.82, 2.24) is 36.9 Å². The number of nitrogens with one attached hydrogen (secondary N) is 7. The summed E-state index contributed by atoms with van der Waals surface area (Å²) in [5.74, 6) is -8.03. The Bertz CT molecular complexity index is 2120. The fraction of sp³-hybridized carbons (Fsp3) is 0.604. The zero-order chi connectivity index (χ0) is 50.2. The molecule has 1 aromatic carbocycles. The van der Waals surface area contributed by atoms with Gasteiger partial charge in [0.25, 0.3) is 0 Å². The minimum absolute atomic E-state index is 0.0241. The first-order chi connectivity index (χ1) is 31.5. The lowest BCUT2D eigenvalue weighted by Gasteiger charge is -2.37. The van der Waals surface area contributed by atoms with Crippen LogP contribution in [0.15, 0.2) is 42.6 Å². The molecule has 1 aliphatic rings. The van der Waals surface area contributed by atoms with Crippen LogP contribution in [0.2, 0.25) is 0 Å². The molecule has 1 heterocycles. The van der Waals surface area contributed by atoms with E-state index < -0.39 is 113 Å². The van der Waals surface area contributed by atoms with Crippen LogP contribution in [0.4, 0.5) is 0 Å². The Morgan fingerprint density at radius 2 is 1.45 bits per heavy atom. The number of ketones is 2. The number of benzene rings is 1. The number of hydrogen-bond acceptors (Lipinski definition) is 11. The second kappa shape index (κ2) is 25.8. The van der Waals surface area contributed by atoms with Crippen molar-refractivity contribution in [2.45, 2.75) is 155 Å². The predicted octanol–water partition coefficient (Wildman–Crippen LogP) is 1.25. The Morgan fingerprint density at radius 1 is 0.806 bits per heavy atom. The monoisotopic (exact) mass is 936 g/mol. The third-order valence-corrected chi connectivity index (χ3v) is 12.7. The molecule has 1 saturated carbocycles. The molecule has 67 heavy (non-hydrogen) atoms. The standard InChI is InChI=1S/C48H73N9O10/c1-9-13-26(2)20-21-48(8,47(67)56-38(25-58)46(66)55-31(7)44(64)54-30(6)42(50)62)57-45(65)35(23-32-14-12-15-32)28(4)52-37(18-19-39(49)59)41(61)40(60)29(5)53-43(63)27(3)22-33-24-51-36-17-11-10-16-34(33)36/h9-11,13,16-17,24,26-32,35,37-38,51-52,58H,12,14-15,18-23,25H2,1-8H3,(H2,49,59)(H2,50,62)(H,53,63)(H,54,64)(H,55,66)(H,56,67)(H,57,65)/b13-9+/t26?,27-,28?,29?,30?,31-,35+,37-,38?,48-/m0/s1. The molecule has 10 atom stereocenters. The minimum atomic E-state index is -1.66. The average Bonchev–Trinajstić information content (AvgIpc) is 3.66. The third-order valence-electron chi connectivity index (χ3n) is 12.7. The van der Waals surface area contributed by atoms with Crippen molar-refractivity contribution < 1.29 is 48.3 Å². The number of nitrogens with two attached hydrogens (primary N) is 2. The number of aromatic amines is 1. The number of amides is 7. The van der Waals surface area contributed by atoms with Gasteiger partial charge < -0.3 is 53.5 Å². The molecule has 0 spiro atoms. The van der Waals surface area contributed by atoms with E-state index in [0.29, 0.717) is 19.3 Å². The lowest BCUT2D eigenvalue weighted by Crippen LogP contribution is -2.63. The lowest BCUT2D eigenvalue weighted by atomic mass is 9.76. The van der Waals surface area contributed by atoms with Gasteiger partial charge in [-0.2, -0.15) is 0 Å². The molecule has 19 nitrogen and oxygen atoms in total. The number of H-pyrrole nitrogens is 1. The largest absolute Gasteiger partial charge is 0.394 e. The van der Waals surface area contributed by atoms with Crippen molar-refractivity contribution >= 4 is 63.8 Å². The summed E-state index contributed by atoms with van der Waals surface area (Å²) in [7, 11) is 0. The van der Waals surface area contributed by atoms with Crippen LogP contribution in [0, 0.1) is 23.7 Å². The Morgan fingerprint density at radius 3 is 2.04 bits per heavy atom. The molecule has 0 radical (unpaired) electrons. The van der Waals surface area contributed by atoms with Crippen LogP contribution in [0.1, 0.15) is 112 Å². The van der Waals surface area contributed by atoms with Crippen molar-refractivity contribution in [2.75, 3.05) is 6.61 Å². The number of carbonyl (C=O) groups excluding carboxylic acids is 9. The highest BCUT2D eigenvalue weighted by atomic mass is 16.3. The highest BCUT2D eigenvalue weighted by molar-refractivity contribution is 6.41. The van der Waals surface area contributed by atoms with E-state index in [9.17, 15) is 48.3 Å². The molecule has 370 valence electrons. The summed E-state index contributed by atoms with van der Waals surface area (Å²) in [6.45, 7) is 12.0. The topological polar surface area (TPSA) is 314 Å². The molecule has 7 amide bonds. The molecule has 5 unspecified atom stereocenters. The second-order valence-corrected chi connectivity index (χ2v) is 18.5. The van der Waals surface area contributed by atoms with Crippen LogP contribution in [-0.4, -0.2) is 111 Å². The Balaban J connectivity index is 1.83. The molecule has 3 rings (SSSR count). The van der Waals surface area contributed by atoms with E-state index in [4.69, 9.17) is 11.5 Å². The molecule has 0 saturated heterocycles. The van der Waals surface area contributed by atoms with Crippen LogP contribution in [0.5, 0.6) is 0 Å². The van der Waals surface area contributed by atoms with E-state index in [0.717, 1.165) is 35.7 Å². The number of primary amides is 2. The quantitative estimate of drug-likeness (QED) is 0.0409. The Kier molecular flexibility index (Phi) is 21.3. The summed E-state index contributed by atoms with van der Waals surface area (Å²) in [5, 5.41) is 27.2. The van der Waals surface area contributed by atoms with Crippen molar-refractivity contribution in [3.05, 3.63) is 48.2 Å². The van der Waals surface area contributed by atoms with Gasteiger partial charge in [0.2, 0.25) is 52.9 Å². The number of rotatable bonds is 29. The molecule has 0 aliphatic heterocycles. The molecule has 2 aromatic rings. The first-order valence-corrected chi connectivity index (χ1v) is 23.3. The van der Waals surface area contributed by atoms with Gasteiger partial charge in [-0.25, -0.2) is 0 Å². The number of carbonyl (C=O) groups is 9. The van der Waals surface area contributed by atoms with Gasteiger partial charge in [-0.3, -0.25) is 43.2 Å². The van der Waals surface area contributed by atoms with Crippen molar-refractivity contribution in [1.29, 1.82) is 0 Å². The molecule has 12 N–H and O–H groups in total. The van der Waals surface area contributed by atoms with Gasteiger partial charge in [0.1, 0.15) is 23.7 Å². The normalized spacial score (nSPS) is 17.7. The highest BCUT2D eigenvalue weighted by Gasteiger charge is 2.42. The maximum Gasteiger partial charge on any atom is 0.246 e. The van der Waals surface area contributed by atoms with Crippen molar-refractivity contribution in [2.24, 2.45) is 35.1 Å². The van der Waals surface area contributed by atoms with Crippen molar-refractivity contribution in [3.63, 3.8) is 0 Å². The van der Waals surface area contributed by atoms with Crippen molar-refractivity contribution in [3.8, 4) is 0 Å². The van der Waals surface area contributed by atoms with E-state index in [2.05, 4.69) is 36.9 Å². The van der Waals surface area contributed by atoms with Crippen LogP contribution >= 0.6 is 0 Å². The number of para-hydroxylation sites is 1. The molecular formula is C48H73N9O10. The fourth-order valence-electron chi connectivity index (χ4n) is 8.00. The van der Waals surface area contributed by atoms with E-state index in [-0.39, 0.29) is 31.1 Å². The summed E-state index contributed by atoms with van der Waals surface area (Å²) >= 11 is 0. The van der Waals surface area contributed by atoms with Gasteiger partial charge in [-0.05, 0) is 97.1 Å². The van der Waals surface area contributed by atoms with Crippen LogP contribution in [0.3, 0.4) is 0 Å². The number of aliphatic hydroxyl groups excluding tert-OH is 1. The molecule has 0 bridgehead atoms. The smallest absolute Gasteiger partial charge is 0.246 e. The summed E-state index contributed by atoms with van der Waals surface area (Å²) in [5.41, 5.74) is 10.9. The summed E-state index contributed by atoms with van der Waals surface area (Å²) in [4.78, 5) is 122. The number of aromatic nitrogens is 1. The molecular weight excluding hydrogens is 863 g/mol. The van der Waals surface area contributed by atoms with Gasteiger partial charge >= 0.3 is 0 Å². The molecule has 1 aromatic heterocycles. The maximum absolute atomic E-state index is 14.6. The predicted molar refractivity (Wildman–Crippen MR) is 252 cm³/mol. The average molecular weight is 936 g/mol. The first kappa shape index (κ1) is 55.4. The summed E-state index contributed by atoms with van der Waals surface area (Å²) < 4.78 is 0. The van der Waals surface area contributed by atoms with Gasteiger partial charge in [0.05, 0.1) is 24.6 Å². The molecule has 19 heteroatoms. The SMILES string of the molecule is C/C=C/C(C)CC[C@](C)(NC(=O)[C@H](CC1CCC1)C(C)N[C@@H](CCC(N)=O)C(=O)C(=O)C(C)NC(=O)[C@@H](C)Cc1c[nH]c2ccccc12)C(=O)NC(CO)C(=O)N[C@@H](C)C(=O)NC(C)C(N)=O. The zero-order valence-corrected chi connectivity index (χ0v) is 40.2. The maximum atomic E-state index is 14.6. The number of Topliss-reactive ketones (excluding diaryl/α,β-unsaturated/α-hetero) is 2. The molecule has 1 fully saturated rings. The highest BCUT2D eigenvalue weighted by Crippen LogP contribution is 2.34. The third kappa shape index (κ3) is 16.4. The van der Waals surface area contributed by atoms with Crippen LogP contribution in [0.25, 0.3) is 10.9 Å². The van der Waals surface area contributed by atoms with E-state index in [1.807, 2.05) is 56.5 Å². The van der Waals surface area contributed by atoms with E-state index in [1.54, 1.807) is 13.8 Å². The number of hydrogen-bond donors (Lipinski definition) is 10. The number of fused-ring (bicyclic) bond motifs is 1. The fourth-order valence-corrected chi connectivity index (χ4v) is 8.00. The van der Waals surface area contributed by atoms with E-state index >= 15 is 0 Å². The summed E-state index contributed by atoms with van der Waals surface area (Å²) in [6.07, 6.45) is 9.09. The minimum Gasteiger partial charge on any atom is -0.394 e. The first-order valence-electron chi connectivity index (χ1n) is 23.3. The lowest BCUT2D eigenvalue weighted by molar-refractivity contribution is -0.141. The second-order valence-electron chi connectivity index (χ2n) is 18.5. The van der Waals surface area contributed by atoms with Gasteiger partial charge in [-0.1, -0.05) is 63.5 Å². The number of allylic oxidation sites excluding steroid dienone is 2. The van der Waals surface area contributed by atoms with Gasteiger partial charge in [0, 0.05) is 35.5 Å². The van der Waals surface area contributed by atoms with Gasteiger partial charge in [-0.15, -0.1) is 0 Å².